The van der Waals surface area contributed by atoms with E-state index in [0.29, 0.717) is 12.0 Å². The second kappa shape index (κ2) is 9.12. The Bertz CT molecular complexity index is 297. The van der Waals surface area contributed by atoms with Crippen LogP contribution in [0.4, 0.5) is 0 Å². The molecule has 1 N–H and O–H groups in total. The van der Waals surface area contributed by atoms with Crippen molar-refractivity contribution in [3.05, 3.63) is 35.9 Å². The van der Waals surface area contributed by atoms with E-state index in [1.807, 2.05) is 0 Å². The highest BCUT2D eigenvalue weighted by atomic mass is 16.5. The van der Waals surface area contributed by atoms with Gasteiger partial charge in [0.05, 0.1) is 0 Å². The topological polar surface area (TPSA) is 21.3 Å². The summed E-state index contributed by atoms with van der Waals surface area (Å²) in [6.45, 7) is 9.33. The normalized spacial score (nSPS) is 12.9. The Kier molecular flexibility index (Phi) is 7.70. The van der Waals surface area contributed by atoms with Crippen LogP contribution < -0.4 is 5.32 Å². The highest BCUT2D eigenvalue weighted by molar-refractivity contribution is 5.18. The van der Waals surface area contributed by atoms with Gasteiger partial charge in [-0.05, 0) is 30.9 Å². The van der Waals surface area contributed by atoms with Gasteiger partial charge in [0.25, 0.3) is 0 Å². The maximum Gasteiger partial charge on any atom is 0.0489 e. The van der Waals surface area contributed by atoms with E-state index in [1.165, 1.54) is 5.56 Å². The molecule has 0 aliphatic heterocycles. The van der Waals surface area contributed by atoms with Crippen LogP contribution in [0.2, 0.25) is 0 Å². The molecular weight excluding hydrogens is 222 g/mol. The van der Waals surface area contributed by atoms with Gasteiger partial charge in [-0.1, -0.05) is 51.1 Å². The fraction of sp³-hybridized carbons (Fsp3) is 0.625. The third kappa shape index (κ3) is 6.18. The van der Waals surface area contributed by atoms with Gasteiger partial charge in [0.1, 0.15) is 0 Å². The highest BCUT2D eigenvalue weighted by Crippen LogP contribution is 2.15. The number of nitrogens with one attached hydrogen (secondary N) is 1. The molecule has 2 heteroatoms. The van der Waals surface area contributed by atoms with Gasteiger partial charge in [-0.15, -0.1) is 0 Å². The molecule has 0 aliphatic carbocycles. The van der Waals surface area contributed by atoms with Crippen molar-refractivity contribution in [2.45, 2.75) is 39.7 Å². The van der Waals surface area contributed by atoms with E-state index in [4.69, 9.17) is 4.74 Å². The molecule has 102 valence electrons. The van der Waals surface area contributed by atoms with Crippen molar-refractivity contribution in [1.82, 2.24) is 5.32 Å². The van der Waals surface area contributed by atoms with E-state index in [1.54, 1.807) is 0 Å². The molecule has 0 amide bonds. The third-order valence-corrected chi connectivity index (χ3v) is 2.92. The summed E-state index contributed by atoms with van der Waals surface area (Å²) in [7, 11) is 0. The fourth-order valence-electron chi connectivity index (χ4n) is 1.95. The minimum absolute atomic E-state index is 0.469. The summed E-state index contributed by atoms with van der Waals surface area (Å²) < 4.78 is 5.58. The summed E-state index contributed by atoms with van der Waals surface area (Å²) in [5.74, 6) is 0.630. The van der Waals surface area contributed by atoms with Crippen LogP contribution in [0.1, 0.15) is 45.2 Å². The Morgan fingerprint density at radius 1 is 1.17 bits per heavy atom. The molecule has 1 rings (SSSR count). The molecular formula is C16H27NO. The van der Waals surface area contributed by atoms with Gasteiger partial charge in [-0.25, -0.2) is 0 Å². The minimum atomic E-state index is 0.469. The van der Waals surface area contributed by atoms with E-state index in [-0.39, 0.29) is 0 Å². The van der Waals surface area contributed by atoms with Crippen LogP contribution in [0.15, 0.2) is 30.3 Å². The lowest BCUT2D eigenvalue weighted by Crippen LogP contribution is -2.23. The van der Waals surface area contributed by atoms with Crippen molar-refractivity contribution in [2.75, 3.05) is 19.8 Å². The first kappa shape index (κ1) is 15.2. The Labute approximate surface area is 112 Å². The highest BCUT2D eigenvalue weighted by Gasteiger charge is 2.06. The van der Waals surface area contributed by atoms with E-state index in [2.05, 4.69) is 56.4 Å². The largest absolute Gasteiger partial charge is 0.381 e. The molecule has 2 nitrogen and oxygen atoms in total. The van der Waals surface area contributed by atoms with Crippen molar-refractivity contribution >= 4 is 0 Å². The van der Waals surface area contributed by atoms with E-state index >= 15 is 0 Å². The molecule has 0 saturated heterocycles. The van der Waals surface area contributed by atoms with Crippen molar-refractivity contribution in [3.8, 4) is 0 Å². The number of ether oxygens (including phenoxy) is 1. The third-order valence-electron chi connectivity index (χ3n) is 2.92. The standard InChI is InChI=1S/C16H27NO/c1-4-16(15-9-6-5-7-10-15)17-11-8-12-18-13-14(2)3/h5-7,9-10,14,16-17H,4,8,11-13H2,1-3H3. The second-order valence-corrected chi connectivity index (χ2v) is 5.15. The fourth-order valence-corrected chi connectivity index (χ4v) is 1.95. The van der Waals surface area contributed by atoms with Crippen LogP contribution in [0, 0.1) is 5.92 Å². The number of hydrogen-bond acceptors (Lipinski definition) is 2. The molecule has 0 fully saturated rings. The minimum Gasteiger partial charge on any atom is -0.381 e. The molecule has 0 saturated carbocycles. The molecule has 0 aliphatic rings. The lowest BCUT2D eigenvalue weighted by atomic mass is 10.0. The van der Waals surface area contributed by atoms with Crippen molar-refractivity contribution in [1.29, 1.82) is 0 Å². The summed E-state index contributed by atoms with van der Waals surface area (Å²) in [5.41, 5.74) is 1.38. The van der Waals surface area contributed by atoms with Crippen LogP contribution in [0.25, 0.3) is 0 Å². The summed E-state index contributed by atoms with van der Waals surface area (Å²) >= 11 is 0. The average molecular weight is 249 g/mol. The molecule has 0 radical (unpaired) electrons. The van der Waals surface area contributed by atoms with Crippen molar-refractivity contribution < 1.29 is 4.74 Å². The average Bonchev–Trinajstić information content (AvgIpc) is 2.38. The smallest absolute Gasteiger partial charge is 0.0489 e. The molecule has 18 heavy (non-hydrogen) atoms. The van der Waals surface area contributed by atoms with Crippen LogP contribution in [0.5, 0.6) is 0 Å². The lowest BCUT2D eigenvalue weighted by Gasteiger charge is -2.17. The Morgan fingerprint density at radius 2 is 1.89 bits per heavy atom. The Morgan fingerprint density at radius 3 is 2.50 bits per heavy atom. The zero-order valence-corrected chi connectivity index (χ0v) is 12.0. The second-order valence-electron chi connectivity index (χ2n) is 5.15. The maximum atomic E-state index is 5.58. The first-order valence-corrected chi connectivity index (χ1v) is 7.10. The van der Waals surface area contributed by atoms with Gasteiger partial charge in [-0.3, -0.25) is 0 Å². The lowest BCUT2D eigenvalue weighted by molar-refractivity contribution is 0.107. The summed E-state index contributed by atoms with van der Waals surface area (Å²) in [6, 6.07) is 11.1. The summed E-state index contributed by atoms with van der Waals surface area (Å²) in [4.78, 5) is 0. The monoisotopic (exact) mass is 249 g/mol. The van der Waals surface area contributed by atoms with Gasteiger partial charge < -0.3 is 10.1 Å². The van der Waals surface area contributed by atoms with Crippen molar-refractivity contribution in [3.63, 3.8) is 0 Å². The van der Waals surface area contributed by atoms with Crippen LogP contribution in [-0.4, -0.2) is 19.8 Å². The van der Waals surface area contributed by atoms with Gasteiger partial charge in [0, 0.05) is 19.3 Å². The van der Waals surface area contributed by atoms with Gasteiger partial charge in [0.15, 0.2) is 0 Å². The van der Waals surface area contributed by atoms with Crippen LogP contribution >= 0.6 is 0 Å². The predicted octanol–water partition coefficient (Wildman–Crippen LogP) is 3.79. The summed E-state index contributed by atoms with van der Waals surface area (Å²) in [5, 5.41) is 3.59. The van der Waals surface area contributed by atoms with Gasteiger partial charge >= 0.3 is 0 Å². The molecule has 1 atom stereocenters. The maximum absolute atomic E-state index is 5.58. The van der Waals surface area contributed by atoms with Gasteiger partial charge in [0.2, 0.25) is 0 Å². The molecule has 0 spiro atoms. The zero-order chi connectivity index (χ0) is 13.2. The first-order chi connectivity index (χ1) is 8.74. The summed E-state index contributed by atoms with van der Waals surface area (Å²) in [6.07, 6.45) is 2.20. The molecule has 0 bridgehead atoms. The van der Waals surface area contributed by atoms with Crippen LogP contribution in [0.3, 0.4) is 0 Å². The SMILES string of the molecule is CCC(NCCCOCC(C)C)c1ccccc1. The van der Waals surface area contributed by atoms with E-state index in [9.17, 15) is 0 Å². The molecule has 1 unspecified atom stereocenters. The van der Waals surface area contributed by atoms with E-state index < -0.39 is 0 Å². The van der Waals surface area contributed by atoms with E-state index in [0.717, 1.165) is 32.6 Å². The number of hydrogen-bond donors (Lipinski definition) is 1. The number of rotatable bonds is 9. The quantitative estimate of drug-likeness (QED) is 0.672. The number of benzene rings is 1. The predicted molar refractivity (Wildman–Crippen MR) is 77.8 cm³/mol. The van der Waals surface area contributed by atoms with Crippen LogP contribution in [-0.2, 0) is 4.74 Å². The molecule has 0 aromatic heterocycles. The van der Waals surface area contributed by atoms with Gasteiger partial charge in [-0.2, -0.15) is 0 Å². The molecule has 1 aromatic carbocycles. The Balaban J connectivity index is 2.17. The Hall–Kier alpha value is -0.860. The first-order valence-electron chi connectivity index (χ1n) is 7.10. The molecule has 1 aromatic rings. The van der Waals surface area contributed by atoms with Crippen molar-refractivity contribution in [2.24, 2.45) is 5.92 Å². The molecule has 0 heterocycles. The zero-order valence-electron chi connectivity index (χ0n) is 12.0.